The topological polar surface area (TPSA) is 47.9 Å². The maximum absolute atomic E-state index is 10.1. The number of halogens is 1. The van der Waals surface area contributed by atoms with Gasteiger partial charge in [0.15, 0.2) is 11.5 Å². The third-order valence-corrected chi connectivity index (χ3v) is 3.48. The Labute approximate surface area is 117 Å². The molecule has 19 heavy (non-hydrogen) atoms. The molecule has 1 aliphatic rings. The van der Waals surface area contributed by atoms with Crippen molar-refractivity contribution in [2.75, 3.05) is 7.11 Å². The van der Waals surface area contributed by atoms with Crippen LogP contribution in [0, 0.1) is 0 Å². The predicted molar refractivity (Wildman–Crippen MR) is 72.7 cm³/mol. The molecule has 0 bridgehead atoms. The van der Waals surface area contributed by atoms with E-state index in [1.807, 2.05) is 0 Å². The van der Waals surface area contributed by atoms with Crippen molar-refractivity contribution >= 4 is 17.7 Å². The zero-order valence-electron chi connectivity index (χ0n) is 10.8. The fourth-order valence-corrected chi connectivity index (χ4v) is 2.55. The summed E-state index contributed by atoms with van der Waals surface area (Å²) in [6.45, 7) is 0.239. The maximum Gasteiger partial charge on any atom is 0.235 e. The maximum atomic E-state index is 10.1. The molecule has 0 aliphatic heterocycles. The Bertz CT molecular complexity index is 492. The van der Waals surface area contributed by atoms with E-state index in [0.29, 0.717) is 16.5 Å². The van der Waals surface area contributed by atoms with Crippen LogP contribution in [0.1, 0.15) is 31.2 Å². The van der Waals surface area contributed by atoms with Crippen LogP contribution < -0.4 is 9.47 Å². The van der Waals surface area contributed by atoms with E-state index >= 15 is 0 Å². The van der Waals surface area contributed by atoms with Crippen molar-refractivity contribution in [3.63, 3.8) is 0 Å². The van der Waals surface area contributed by atoms with Crippen LogP contribution in [0.15, 0.2) is 17.1 Å². The van der Waals surface area contributed by atoms with E-state index in [0.717, 1.165) is 18.4 Å². The Balaban J connectivity index is 2.23. The molecule has 1 aromatic rings. The summed E-state index contributed by atoms with van der Waals surface area (Å²) < 4.78 is 11.2. The van der Waals surface area contributed by atoms with Crippen LogP contribution in [0.25, 0.3) is 0 Å². The molecular formula is C14H16ClNO3. The summed E-state index contributed by atoms with van der Waals surface area (Å²) in [6, 6.07) is 3.53. The number of aliphatic imine (C=N–C) groups is 1. The zero-order valence-corrected chi connectivity index (χ0v) is 11.6. The van der Waals surface area contributed by atoms with E-state index in [1.165, 1.54) is 18.9 Å². The van der Waals surface area contributed by atoms with Gasteiger partial charge >= 0.3 is 0 Å². The van der Waals surface area contributed by atoms with E-state index in [1.54, 1.807) is 19.2 Å². The number of hydrogen-bond donors (Lipinski definition) is 0. The van der Waals surface area contributed by atoms with Crippen molar-refractivity contribution in [1.29, 1.82) is 0 Å². The zero-order chi connectivity index (χ0) is 13.7. The average molecular weight is 282 g/mol. The number of methoxy groups -OCH3 is 1. The quantitative estimate of drug-likeness (QED) is 0.613. The molecule has 0 radical (unpaired) electrons. The molecule has 2 rings (SSSR count). The Morgan fingerprint density at radius 2 is 2.16 bits per heavy atom. The molecule has 5 heteroatoms. The van der Waals surface area contributed by atoms with Gasteiger partial charge in [0.2, 0.25) is 6.08 Å². The molecular weight excluding hydrogens is 266 g/mol. The van der Waals surface area contributed by atoms with Crippen LogP contribution >= 0.6 is 11.6 Å². The van der Waals surface area contributed by atoms with E-state index in [9.17, 15) is 4.79 Å². The lowest BCUT2D eigenvalue weighted by Gasteiger charge is -2.17. The van der Waals surface area contributed by atoms with Crippen LogP contribution in [-0.4, -0.2) is 19.3 Å². The van der Waals surface area contributed by atoms with Crippen LogP contribution in [0.2, 0.25) is 5.02 Å². The summed E-state index contributed by atoms with van der Waals surface area (Å²) >= 11 is 6.23. The van der Waals surface area contributed by atoms with Crippen molar-refractivity contribution in [3.05, 3.63) is 22.7 Å². The lowest BCUT2D eigenvalue weighted by molar-refractivity contribution is 0.201. The first kappa shape index (κ1) is 13.9. The van der Waals surface area contributed by atoms with Gasteiger partial charge in [-0.1, -0.05) is 11.6 Å². The Morgan fingerprint density at radius 3 is 2.79 bits per heavy atom. The SMILES string of the molecule is COc1cc(CN=C=O)cc(Cl)c1OC1CCCC1. The molecule has 1 fully saturated rings. The first-order valence-corrected chi connectivity index (χ1v) is 6.69. The second kappa shape index (κ2) is 6.60. The van der Waals surface area contributed by atoms with Gasteiger partial charge in [-0.15, -0.1) is 0 Å². The molecule has 0 aromatic heterocycles. The highest BCUT2D eigenvalue weighted by molar-refractivity contribution is 6.32. The van der Waals surface area contributed by atoms with Gasteiger partial charge in [-0.25, -0.2) is 9.79 Å². The van der Waals surface area contributed by atoms with Crippen LogP contribution in [0.5, 0.6) is 11.5 Å². The van der Waals surface area contributed by atoms with Crippen molar-refractivity contribution < 1.29 is 14.3 Å². The second-order valence-corrected chi connectivity index (χ2v) is 4.95. The molecule has 0 spiro atoms. The molecule has 0 saturated heterocycles. The van der Waals surface area contributed by atoms with Crippen molar-refractivity contribution in [3.8, 4) is 11.5 Å². The summed E-state index contributed by atoms with van der Waals surface area (Å²) in [5.41, 5.74) is 0.795. The Morgan fingerprint density at radius 1 is 1.42 bits per heavy atom. The highest BCUT2D eigenvalue weighted by Crippen LogP contribution is 2.39. The minimum Gasteiger partial charge on any atom is -0.493 e. The molecule has 0 atom stereocenters. The molecule has 102 valence electrons. The van der Waals surface area contributed by atoms with Gasteiger partial charge in [0.05, 0.1) is 24.8 Å². The highest BCUT2D eigenvalue weighted by Gasteiger charge is 2.20. The largest absolute Gasteiger partial charge is 0.493 e. The summed E-state index contributed by atoms with van der Waals surface area (Å²) in [5.74, 6) is 1.16. The normalized spacial score (nSPS) is 15.1. The number of ether oxygens (including phenoxy) is 2. The standard InChI is InChI=1S/C14H16ClNO3/c1-18-13-7-10(8-16-9-17)6-12(15)14(13)19-11-4-2-3-5-11/h6-7,11H,2-5,8H2,1H3. The smallest absolute Gasteiger partial charge is 0.235 e. The summed E-state index contributed by atoms with van der Waals surface area (Å²) in [5, 5.41) is 0.488. The minimum atomic E-state index is 0.213. The van der Waals surface area contributed by atoms with Crippen LogP contribution in [0.4, 0.5) is 0 Å². The first-order valence-electron chi connectivity index (χ1n) is 6.31. The van der Waals surface area contributed by atoms with Crippen molar-refractivity contribution in [2.24, 2.45) is 4.99 Å². The average Bonchev–Trinajstić information content (AvgIpc) is 2.91. The summed E-state index contributed by atoms with van der Waals surface area (Å²) in [7, 11) is 1.57. The van der Waals surface area contributed by atoms with Crippen LogP contribution in [-0.2, 0) is 11.3 Å². The third-order valence-electron chi connectivity index (χ3n) is 3.20. The summed E-state index contributed by atoms with van der Waals surface area (Å²) in [6.07, 6.45) is 6.21. The second-order valence-electron chi connectivity index (χ2n) is 4.54. The number of isocyanates is 1. The molecule has 1 aliphatic carbocycles. The fraction of sp³-hybridized carbons (Fsp3) is 0.500. The van der Waals surface area contributed by atoms with Gasteiger partial charge in [-0.3, -0.25) is 0 Å². The lowest BCUT2D eigenvalue weighted by atomic mass is 10.2. The van der Waals surface area contributed by atoms with E-state index in [2.05, 4.69) is 4.99 Å². The molecule has 0 N–H and O–H groups in total. The number of rotatable bonds is 5. The van der Waals surface area contributed by atoms with Gasteiger partial charge in [0, 0.05) is 0 Å². The number of carbonyl (C=O) groups excluding carboxylic acids is 1. The van der Waals surface area contributed by atoms with Crippen LogP contribution in [0.3, 0.4) is 0 Å². The third kappa shape index (κ3) is 3.49. The van der Waals surface area contributed by atoms with Crippen molar-refractivity contribution in [2.45, 2.75) is 38.3 Å². The Kier molecular flexibility index (Phi) is 4.83. The van der Waals surface area contributed by atoms with Crippen molar-refractivity contribution in [1.82, 2.24) is 0 Å². The first-order chi connectivity index (χ1) is 9.24. The number of hydrogen-bond acceptors (Lipinski definition) is 4. The molecule has 0 heterocycles. The molecule has 1 aromatic carbocycles. The number of benzene rings is 1. The highest BCUT2D eigenvalue weighted by atomic mass is 35.5. The van der Waals surface area contributed by atoms with E-state index < -0.39 is 0 Å². The van der Waals surface area contributed by atoms with Gasteiger partial charge < -0.3 is 9.47 Å². The number of nitrogens with zero attached hydrogens (tertiary/aromatic N) is 1. The lowest BCUT2D eigenvalue weighted by Crippen LogP contribution is -2.12. The van der Waals surface area contributed by atoms with Gasteiger partial charge in [-0.05, 0) is 43.4 Å². The van der Waals surface area contributed by atoms with Gasteiger partial charge in [0.25, 0.3) is 0 Å². The van der Waals surface area contributed by atoms with Gasteiger partial charge in [0.1, 0.15) is 0 Å². The summed E-state index contributed by atoms with van der Waals surface area (Å²) in [4.78, 5) is 13.7. The Hall–Kier alpha value is -1.51. The predicted octanol–water partition coefficient (Wildman–Crippen LogP) is 3.51. The monoisotopic (exact) mass is 281 g/mol. The minimum absolute atomic E-state index is 0.213. The molecule has 0 unspecified atom stereocenters. The van der Waals surface area contributed by atoms with Gasteiger partial charge in [-0.2, -0.15) is 0 Å². The van der Waals surface area contributed by atoms with E-state index in [4.69, 9.17) is 21.1 Å². The molecule has 0 amide bonds. The molecule has 1 saturated carbocycles. The fourth-order valence-electron chi connectivity index (χ4n) is 2.28. The molecule has 4 nitrogen and oxygen atoms in total. The van der Waals surface area contributed by atoms with E-state index in [-0.39, 0.29) is 12.6 Å².